The third-order valence-corrected chi connectivity index (χ3v) is 4.15. The van der Waals surface area contributed by atoms with Gasteiger partial charge in [0.05, 0.1) is 26.9 Å². The van der Waals surface area contributed by atoms with E-state index in [2.05, 4.69) is 43.0 Å². The molecule has 2 aromatic heterocycles. The molecule has 8 heteroatoms. The van der Waals surface area contributed by atoms with Gasteiger partial charge in [-0.15, -0.1) is 5.10 Å². The second kappa shape index (κ2) is 5.87. The van der Waals surface area contributed by atoms with Crippen LogP contribution in [0.5, 0.6) is 0 Å². The highest BCUT2D eigenvalue weighted by Crippen LogP contribution is 2.31. The van der Waals surface area contributed by atoms with Crippen molar-refractivity contribution in [3.63, 3.8) is 0 Å². The van der Waals surface area contributed by atoms with Gasteiger partial charge in [-0.25, -0.2) is 5.43 Å². The number of rotatable bonds is 5. The Morgan fingerprint density at radius 1 is 1.61 bits per heavy atom. The Morgan fingerprint density at radius 3 is 2.94 bits per heavy atom. The van der Waals surface area contributed by atoms with E-state index in [4.69, 9.17) is 5.84 Å². The van der Waals surface area contributed by atoms with Gasteiger partial charge in [-0.05, 0) is 33.9 Å². The molecule has 0 amide bonds. The molecule has 6 nitrogen and oxygen atoms in total. The van der Waals surface area contributed by atoms with Gasteiger partial charge in [0.25, 0.3) is 0 Å². The van der Waals surface area contributed by atoms with E-state index >= 15 is 0 Å². The first kappa shape index (κ1) is 13.6. The summed E-state index contributed by atoms with van der Waals surface area (Å²) in [6, 6.07) is -0.145. The molecule has 0 aliphatic carbocycles. The van der Waals surface area contributed by atoms with E-state index in [0.717, 1.165) is 33.6 Å². The van der Waals surface area contributed by atoms with Crippen LogP contribution in [0.15, 0.2) is 10.7 Å². The average molecular weight is 331 g/mol. The van der Waals surface area contributed by atoms with Gasteiger partial charge in [-0.1, -0.05) is 17.8 Å². The Morgan fingerprint density at radius 2 is 2.39 bits per heavy atom. The minimum absolute atomic E-state index is 0.145. The van der Waals surface area contributed by atoms with Gasteiger partial charge in [0, 0.05) is 7.05 Å². The first-order valence-corrected chi connectivity index (χ1v) is 7.20. The normalized spacial score (nSPS) is 12.9. The molecule has 2 aromatic rings. The molecular formula is C10H15BrN6S. The molecule has 1 unspecified atom stereocenters. The molecule has 0 radical (unpaired) electrons. The number of nitrogens with two attached hydrogens (primary N) is 1. The summed E-state index contributed by atoms with van der Waals surface area (Å²) in [4.78, 5) is 1.05. The Balaban J connectivity index is 2.42. The summed E-state index contributed by atoms with van der Waals surface area (Å²) < 4.78 is 6.75. The maximum atomic E-state index is 5.70. The van der Waals surface area contributed by atoms with E-state index in [9.17, 15) is 0 Å². The Bertz CT molecular complexity index is 503. The van der Waals surface area contributed by atoms with Crippen molar-refractivity contribution < 1.29 is 0 Å². The molecule has 18 heavy (non-hydrogen) atoms. The predicted molar refractivity (Wildman–Crippen MR) is 74.0 cm³/mol. The SMILES string of the molecule is CCCc1nnsc1C(NN)c1c(Br)cnn1C. The fourth-order valence-corrected chi connectivity index (χ4v) is 3.21. The van der Waals surface area contributed by atoms with E-state index in [1.165, 1.54) is 11.5 Å². The number of hydrogen-bond acceptors (Lipinski definition) is 6. The third kappa shape index (κ3) is 2.46. The Kier molecular flexibility index (Phi) is 4.44. The number of aryl methyl sites for hydroxylation is 2. The lowest BCUT2D eigenvalue weighted by molar-refractivity contribution is 0.574. The number of aromatic nitrogens is 4. The summed E-state index contributed by atoms with van der Waals surface area (Å²) in [5, 5.41) is 8.38. The first-order chi connectivity index (χ1) is 8.69. The standard InChI is InChI=1S/C10H15BrN6S/c1-3-4-7-10(18-16-15-7)8(14-12)9-6(11)5-13-17(9)2/h5,8,14H,3-4,12H2,1-2H3. The van der Waals surface area contributed by atoms with Crippen LogP contribution >= 0.6 is 27.5 Å². The zero-order chi connectivity index (χ0) is 13.1. The van der Waals surface area contributed by atoms with E-state index in [1.54, 1.807) is 10.9 Å². The quantitative estimate of drug-likeness (QED) is 0.642. The summed E-state index contributed by atoms with van der Waals surface area (Å²) in [6.45, 7) is 2.12. The molecule has 0 fully saturated rings. The van der Waals surface area contributed by atoms with Crippen molar-refractivity contribution in [2.75, 3.05) is 0 Å². The predicted octanol–water partition coefficient (Wildman–Crippen LogP) is 1.54. The topological polar surface area (TPSA) is 81.7 Å². The van der Waals surface area contributed by atoms with Crippen molar-refractivity contribution in [3.05, 3.63) is 26.9 Å². The third-order valence-electron chi connectivity index (χ3n) is 2.71. The number of halogens is 1. The molecule has 1 atom stereocenters. The lowest BCUT2D eigenvalue weighted by atomic mass is 10.1. The van der Waals surface area contributed by atoms with E-state index in [-0.39, 0.29) is 6.04 Å². The monoisotopic (exact) mass is 330 g/mol. The van der Waals surface area contributed by atoms with Gasteiger partial charge in [0.1, 0.15) is 6.04 Å². The molecule has 0 spiro atoms. The number of nitrogens with one attached hydrogen (secondary N) is 1. The zero-order valence-electron chi connectivity index (χ0n) is 10.2. The second-order valence-corrected chi connectivity index (χ2v) is 5.57. The highest BCUT2D eigenvalue weighted by molar-refractivity contribution is 9.10. The van der Waals surface area contributed by atoms with Crippen molar-refractivity contribution in [1.82, 2.24) is 24.8 Å². The summed E-state index contributed by atoms with van der Waals surface area (Å²) in [6.07, 6.45) is 3.69. The molecule has 0 saturated carbocycles. The highest BCUT2D eigenvalue weighted by Gasteiger charge is 2.24. The lowest BCUT2D eigenvalue weighted by Gasteiger charge is -2.16. The molecule has 0 bridgehead atoms. The molecule has 0 aliphatic heterocycles. The minimum atomic E-state index is -0.145. The van der Waals surface area contributed by atoms with E-state index in [1.807, 2.05) is 7.05 Å². The van der Waals surface area contributed by atoms with Crippen molar-refractivity contribution in [3.8, 4) is 0 Å². The van der Waals surface area contributed by atoms with Gasteiger partial charge in [0.2, 0.25) is 0 Å². The lowest BCUT2D eigenvalue weighted by Crippen LogP contribution is -2.30. The van der Waals surface area contributed by atoms with Crippen LogP contribution in [0.25, 0.3) is 0 Å². The van der Waals surface area contributed by atoms with Crippen molar-refractivity contribution >= 4 is 27.5 Å². The van der Waals surface area contributed by atoms with E-state index < -0.39 is 0 Å². The zero-order valence-corrected chi connectivity index (χ0v) is 12.6. The maximum absolute atomic E-state index is 5.70. The van der Waals surface area contributed by atoms with Crippen LogP contribution in [-0.2, 0) is 13.5 Å². The van der Waals surface area contributed by atoms with Crippen LogP contribution < -0.4 is 11.3 Å². The minimum Gasteiger partial charge on any atom is -0.270 e. The number of hydrogen-bond donors (Lipinski definition) is 2. The second-order valence-electron chi connectivity index (χ2n) is 3.93. The molecular weight excluding hydrogens is 316 g/mol. The molecule has 0 saturated heterocycles. The van der Waals surface area contributed by atoms with E-state index in [0.29, 0.717) is 0 Å². The van der Waals surface area contributed by atoms with Crippen LogP contribution in [0.3, 0.4) is 0 Å². The average Bonchev–Trinajstić information content (AvgIpc) is 2.92. The van der Waals surface area contributed by atoms with Gasteiger partial charge < -0.3 is 0 Å². The van der Waals surface area contributed by atoms with Crippen LogP contribution in [-0.4, -0.2) is 19.4 Å². The van der Waals surface area contributed by atoms with Crippen molar-refractivity contribution in [2.45, 2.75) is 25.8 Å². The van der Waals surface area contributed by atoms with Crippen LogP contribution in [0.2, 0.25) is 0 Å². The fraction of sp³-hybridized carbons (Fsp3) is 0.500. The van der Waals surface area contributed by atoms with Crippen LogP contribution in [0, 0.1) is 0 Å². The van der Waals surface area contributed by atoms with Crippen molar-refractivity contribution in [1.29, 1.82) is 0 Å². The summed E-state index contributed by atoms with van der Waals surface area (Å²) >= 11 is 4.86. The van der Waals surface area contributed by atoms with Gasteiger partial charge in [0.15, 0.2) is 0 Å². The molecule has 98 valence electrons. The summed E-state index contributed by atoms with van der Waals surface area (Å²) in [5.74, 6) is 5.70. The summed E-state index contributed by atoms with van der Waals surface area (Å²) in [7, 11) is 1.89. The number of hydrazine groups is 1. The largest absolute Gasteiger partial charge is 0.270 e. The molecule has 2 rings (SSSR count). The van der Waals surface area contributed by atoms with Gasteiger partial charge in [-0.3, -0.25) is 10.5 Å². The van der Waals surface area contributed by atoms with Gasteiger partial charge >= 0.3 is 0 Å². The Labute approximate surface area is 118 Å². The van der Waals surface area contributed by atoms with Gasteiger partial charge in [-0.2, -0.15) is 5.10 Å². The maximum Gasteiger partial charge on any atom is 0.102 e. The fourth-order valence-electron chi connectivity index (χ4n) is 1.87. The van der Waals surface area contributed by atoms with Crippen molar-refractivity contribution in [2.24, 2.45) is 12.9 Å². The molecule has 2 heterocycles. The van der Waals surface area contributed by atoms with Crippen LogP contribution in [0.4, 0.5) is 0 Å². The highest BCUT2D eigenvalue weighted by atomic mass is 79.9. The molecule has 3 N–H and O–H groups in total. The molecule has 0 aromatic carbocycles. The smallest absolute Gasteiger partial charge is 0.102 e. The Hall–Kier alpha value is -0.830. The number of nitrogens with zero attached hydrogens (tertiary/aromatic N) is 4. The first-order valence-electron chi connectivity index (χ1n) is 5.63. The summed E-state index contributed by atoms with van der Waals surface area (Å²) in [5.41, 5.74) is 4.80. The van der Waals surface area contributed by atoms with Crippen LogP contribution in [0.1, 0.15) is 35.7 Å². The molecule has 0 aliphatic rings.